The molecule has 1 heterocycles. The summed E-state index contributed by atoms with van der Waals surface area (Å²) in [5.41, 5.74) is 0. The van der Waals surface area contributed by atoms with Gasteiger partial charge in [0, 0.05) is 40.8 Å². The summed E-state index contributed by atoms with van der Waals surface area (Å²) in [6.07, 6.45) is 3.25. The van der Waals surface area contributed by atoms with Crippen LogP contribution in [0.15, 0.2) is 64.3 Å². The number of furan rings is 1. The van der Waals surface area contributed by atoms with E-state index in [1.165, 1.54) is 12.1 Å². The molecule has 6 heteroatoms. The van der Waals surface area contributed by atoms with E-state index < -0.39 is 10.1 Å². The van der Waals surface area contributed by atoms with Crippen LogP contribution in [0.5, 0.6) is 0 Å². The number of hydrogen-bond acceptors (Lipinski definition) is 3. The molecule has 4 nitrogen and oxygen atoms in total. The van der Waals surface area contributed by atoms with Crippen molar-refractivity contribution in [1.29, 1.82) is 0 Å². The van der Waals surface area contributed by atoms with E-state index in [-0.39, 0.29) is 45.7 Å². The van der Waals surface area contributed by atoms with Gasteiger partial charge in [0.15, 0.2) is 0 Å². The van der Waals surface area contributed by atoms with Crippen molar-refractivity contribution >= 4 is 10.1 Å². The summed E-state index contributed by atoms with van der Waals surface area (Å²) in [6, 6.07) is 11.1. The maximum atomic E-state index is 10.4. The molecule has 0 saturated heterocycles. The van der Waals surface area contributed by atoms with Crippen LogP contribution in [0.4, 0.5) is 0 Å². The van der Waals surface area contributed by atoms with Gasteiger partial charge >= 0.3 is 0 Å². The molecule has 16 heavy (non-hydrogen) atoms. The summed E-state index contributed by atoms with van der Waals surface area (Å²) in [6.45, 7) is 0. The van der Waals surface area contributed by atoms with Crippen molar-refractivity contribution in [2.24, 2.45) is 0 Å². The zero-order valence-corrected chi connectivity index (χ0v) is 12.3. The van der Waals surface area contributed by atoms with Gasteiger partial charge in [0.05, 0.1) is 17.4 Å². The molecule has 2 rings (SSSR count). The average molecular weight is 370 g/mol. The fourth-order valence-corrected chi connectivity index (χ4v) is 1.32. The third-order valence-electron chi connectivity index (χ3n) is 1.47. The predicted octanol–water partition coefficient (Wildman–Crippen LogP) is 2.21. The van der Waals surface area contributed by atoms with Gasteiger partial charge in [-0.1, -0.05) is 18.2 Å². The molecular weight excluding hydrogens is 360 g/mol. The Labute approximate surface area is 127 Å². The van der Waals surface area contributed by atoms with Crippen LogP contribution in [-0.2, 0) is 10.1 Å². The van der Waals surface area contributed by atoms with Crippen LogP contribution >= 0.6 is 0 Å². The minimum absolute atomic E-state index is 0. The minimum atomic E-state index is -4.00. The van der Waals surface area contributed by atoms with E-state index in [0.717, 1.165) is 0 Å². The molecule has 1 N–H and O–H groups in total. The monoisotopic (exact) mass is 368 g/mol. The molecule has 0 aliphatic heterocycles. The Balaban J connectivity index is 0.000000318. The fourth-order valence-electron chi connectivity index (χ4n) is 0.819. The van der Waals surface area contributed by atoms with Crippen molar-refractivity contribution in [3.8, 4) is 0 Å². The Morgan fingerprint density at radius 3 is 1.69 bits per heavy atom. The maximum Gasteiger partial charge on any atom is 0.294 e. The molecule has 0 unspecified atom stereocenters. The maximum absolute atomic E-state index is 10.4. The zero-order chi connectivity index (χ0) is 11.1. The van der Waals surface area contributed by atoms with Crippen LogP contribution in [0.1, 0.15) is 0 Å². The van der Waals surface area contributed by atoms with Crippen LogP contribution in [0.25, 0.3) is 0 Å². The first-order chi connectivity index (χ1) is 7.11. The second kappa shape index (κ2) is 7.94. The molecule has 0 aliphatic carbocycles. The van der Waals surface area contributed by atoms with Crippen LogP contribution in [0.2, 0.25) is 0 Å². The molecule has 2 aromatic rings. The molecule has 0 bridgehead atoms. The summed E-state index contributed by atoms with van der Waals surface area (Å²) in [7, 11) is -4.00. The van der Waals surface area contributed by atoms with Gasteiger partial charge in [-0.2, -0.15) is 8.42 Å². The zero-order valence-electron chi connectivity index (χ0n) is 8.28. The van der Waals surface area contributed by atoms with Gasteiger partial charge in [0.2, 0.25) is 0 Å². The predicted molar refractivity (Wildman–Crippen MR) is 55.0 cm³/mol. The molecule has 1 aromatic heterocycles. The fraction of sp³-hybridized carbons (Fsp3) is 0. The van der Waals surface area contributed by atoms with Crippen LogP contribution in [-0.4, -0.2) is 13.0 Å². The van der Waals surface area contributed by atoms with Crippen molar-refractivity contribution in [2.75, 3.05) is 0 Å². The third-order valence-corrected chi connectivity index (χ3v) is 2.33. The minimum Gasteiger partial charge on any atom is -0.473 e. The van der Waals surface area contributed by atoms with Crippen molar-refractivity contribution in [1.82, 2.24) is 0 Å². The van der Waals surface area contributed by atoms with E-state index >= 15 is 0 Å². The Morgan fingerprint density at radius 1 is 0.938 bits per heavy atom. The molecule has 0 spiro atoms. The third kappa shape index (κ3) is 6.37. The van der Waals surface area contributed by atoms with Crippen molar-refractivity contribution in [3.63, 3.8) is 0 Å². The van der Waals surface area contributed by atoms with Gasteiger partial charge in [-0.15, -0.1) is 0 Å². The van der Waals surface area contributed by atoms with Crippen LogP contribution < -0.4 is 0 Å². The van der Waals surface area contributed by atoms with Gasteiger partial charge in [-0.05, 0) is 24.3 Å². The smallest absolute Gasteiger partial charge is 0.294 e. The van der Waals surface area contributed by atoms with Gasteiger partial charge in [-0.3, -0.25) is 4.55 Å². The second-order valence-corrected chi connectivity index (χ2v) is 4.00. The van der Waals surface area contributed by atoms with Crippen molar-refractivity contribution in [3.05, 3.63) is 55.0 Å². The first-order valence-electron chi connectivity index (χ1n) is 4.10. The summed E-state index contributed by atoms with van der Waals surface area (Å²) in [4.78, 5) is -0.0741. The van der Waals surface area contributed by atoms with E-state index in [4.69, 9.17) is 4.55 Å². The van der Waals surface area contributed by atoms with Crippen molar-refractivity contribution < 1.29 is 58.2 Å². The molecule has 0 saturated carbocycles. The first kappa shape index (κ1) is 15.8. The summed E-state index contributed by atoms with van der Waals surface area (Å²) in [5, 5.41) is 0. The topological polar surface area (TPSA) is 67.5 Å². The van der Waals surface area contributed by atoms with Gasteiger partial charge in [0.1, 0.15) is 0 Å². The Morgan fingerprint density at radius 2 is 1.44 bits per heavy atom. The first-order valence-corrected chi connectivity index (χ1v) is 5.54. The Kier molecular flexibility index (Phi) is 7.82. The molecule has 84 valence electrons. The average Bonchev–Trinajstić information content (AvgIpc) is 2.76. The molecule has 0 atom stereocenters. The van der Waals surface area contributed by atoms with Crippen LogP contribution in [0, 0.1) is 40.8 Å². The molecule has 0 aliphatic rings. The summed E-state index contributed by atoms with van der Waals surface area (Å²) < 4.78 is 33.8. The van der Waals surface area contributed by atoms with E-state index in [1.54, 1.807) is 30.7 Å². The van der Waals surface area contributed by atoms with Crippen LogP contribution in [0.3, 0.4) is 0 Å². The van der Waals surface area contributed by atoms with E-state index in [2.05, 4.69) is 4.42 Å². The molecule has 0 amide bonds. The summed E-state index contributed by atoms with van der Waals surface area (Å²) >= 11 is 0. The van der Waals surface area contributed by atoms with E-state index in [1.807, 2.05) is 12.1 Å². The van der Waals surface area contributed by atoms with E-state index in [0.29, 0.717) is 0 Å². The second-order valence-electron chi connectivity index (χ2n) is 2.58. The SMILES string of the molecule is O=S(=O)(O)c1ccccc1.[Nd].c1ccoc1. The van der Waals surface area contributed by atoms with Crippen molar-refractivity contribution in [2.45, 2.75) is 4.90 Å². The standard InChI is InChI=1S/C6H6O3S.C4H4O.Nd/c7-10(8,9)6-4-2-1-3-5-6;1-2-4-5-3-1;/h1-5H,(H,7,8,9);1-4H;. The normalized spacial score (nSPS) is 9.56. The molecule has 1 aromatic carbocycles. The molecule has 0 radical (unpaired) electrons. The molecular formula is C10H10NdO4S. The van der Waals surface area contributed by atoms with Gasteiger partial charge in [0.25, 0.3) is 10.1 Å². The summed E-state index contributed by atoms with van der Waals surface area (Å²) in [5.74, 6) is 0. The van der Waals surface area contributed by atoms with E-state index in [9.17, 15) is 8.42 Å². The number of hydrogen-bond donors (Lipinski definition) is 1. The Hall–Kier alpha value is -0.239. The largest absolute Gasteiger partial charge is 0.473 e. The number of rotatable bonds is 1. The quantitative estimate of drug-likeness (QED) is 0.782. The Bertz CT molecular complexity index is 448. The number of benzene rings is 1. The van der Waals surface area contributed by atoms with Gasteiger partial charge in [-0.25, -0.2) is 0 Å². The van der Waals surface area contributed by atoms with Gasteiger partial charge < -0.3 is 4.42 Å². The molecule has 0 fully saturated rings.